The Morgan fingerprint density at radius 3 is 2.56 bits per heavy atom. The molecular formula is C10H7BrN2O3. The first kappa shape index (κ1) is 10.7. The third-order valence-corrected chi connectivity index (χ3v) is 2.47. The van der Waals surface area contributed by atoms with E-state index in [1.165, 1.54) is 18.3 Å². The van der Waals surface area contributed by atoms with Crippen LogP contribution in [0, 0.1) is 0 Å². The van der Waals surface area contributed by atoms with Gasteiger partial charge in [0.15, 0.2) is 0 Å². The van der Waals surface area contributed by atoms with Gasteiger partial charge in [-0.3, -0.25) is 9.78 Å². The zero-order valence-electron chi connectivity index (χ0n) is 7.95. The van der Waals surface area contributed by atoms with Crippen LogP contribution in [-0.2, 0) is 0 Å². The van der Waals surface area contributed by atoms with Crippen LogP contribution in [0.15, 0.2) is 38.5 Å². The van der Waals surface area contributed by atoms with Gasteiger partial charge in [-0.25, -0.2) is 4.79 Å². The van der Waals surface area contributed by atoms with Crippen molar-refractivity contribution in [2.45, 2.75) is 0 Å². The summed E-state index contributed by atoms with van der Waals surface area (Å²) in [5, 5.41) is 9.39. The maximum atomic E-state index is 11.5. The highest BCUT2D eigenvalue weighted by atomic mass is 79.9. The van der Waals surface area contributed by atoms with Crippen LogP contribution in [0.25, 0.3) is 11.1 Å². The number of aromatic nitrogens is 2. The zero-order valence-corrected chi connectivity index (χ0v) is 9.54. The molecule has 0 atom stereocenters. The fourth-order valence-corrected chi connectivity index (χ4v) is 1.84. The third-order valence-electron chi connectivity index (χ3n) is 2.01. The van der Waals surface area contributed by atoms with Gasteiger partial charge in [-0.2, -0.15) is 0 Å². The maximum Gasteiger partial charge on any atom is 0.325 e. The molecule has 1 aromatic heterocycles. The Kier molecular flexibility index (Phi) is 2.66. The lowest BCUT2D eigenvalue weighted by atomic mass is 10.1. The largest absolute Gasteiger partial charge is 0.508 e. The molecule has 16 heavy (non-hydrogen) atoms. The monoisotopic (exact) mass is 282 g/mol. The number of phenolic OH excluding ortho intramolecular Hbond substituents is 1. The summed E-state index contributed by atoms with van der Waals surface area (Å²) < 4.78 is 0.646. The lowest BCUT2D eigenvalue weighted by Gasteiger charge is -2.01. The molecule has 1 heterocycles. The van der Waals surface area contributed by atoms with Crippen LogP contribution < -0.4 is 11.2 Å². The molecule has 0 amide bonds. The van der Waals surface area contributed by atoms with Crippen molar-refractivity contribution < 1.29 is 5.11 Å². The van der Waals surface area contributed by atoms with Gasteiger partial charge in [0.2, 0.25) is 0 Å². The minimum atomic E-state index is -0.562. The van der Waals surface area contributed by atoms with E-state index in [2.05, 4.69) is 25.9 Å². The summed E-state index contributed by atoms with van der Waals surface area (Å²) in [4.78, 5) is 26.8. The van der Waals surface area contributed by atoms with Crippen molar-refractivity contribution in [2.24, 2.45) is 0 Å². The molecule has 2 aromatic rings. The predicted molar refractivity (Wildman–Crippen MR) is 62.5 cm³/mol. The minimum absolute atomic E-state index is 0.0370. The normalized spacial score (nSPS) is 10.3. The molecule has 82 valence electrons. The van der Waals surface area contributed by atoms with Crippen molar-refractivity contribution in [3.63, 3.8) is 0 Å². The second-order valence-corrected chi connectivity index (χ2v) is 4.10. The van der Waals surface area contributed by atoms with E-state index in [-0.39, 0.29) is 11.3 Å². The van der Waals surface area contributed by atoms with Gasteiger partial charge in [0, 0.05) is 10.7 Å². The standard InChI is InChI=1S/C10H7BrN2O3/c11-6-1-5(2-7(14)3-6)8-4-12-10(16)13-9(8)15/h1-4,14H,(H2,12,13,15,16). The van der Waals surface area contributed by atoms with Crippen molar-refractivity contribution in [3.8, 4) is 16.9 Å². The Morgan fingerprint density at radius 2 is 1.94 bits per heavy atom. The summed E-state index contributed by atoms with van der Waals surface area (Å²) in [5.41, 5.74) is -0.255. The van der Waals surface area contributed by atoms with Gasteiger partial charge >= 0.3 is 5.69 Å². The van der Waals surface area contributed by atoms with E-state index >= 15 is 0 Å². The number of rotatable bonds is 1. The lowest BCUT2D eigenvalue weighted by Crippen LogP contribution is -2.22. The van der Waals surface area contributed by atoms with E-state index in [1.54, 1.807) is 6.07 Å². The summed E-state index contributed by atoms with van der Waals surface area (Å²) in [7, 11) is 0. The topological polar surface area (TPSA) is 85.9 Å². The highest BCUT2D eigenvalue weighted by molar-refractivity contribution is 9.10. The van der Waals surface area contributed by atoms with Crippen molar-refractivity contribution in [3.05, 3.63) is 49.7 Å². The first-order chi connectivity index (χ1) is 7.56. The molecule has 0 saturated carbocycles. The molecular weight excluding hydrogens is 276 g/mol. The summed E-state index contributed by atoms with van der Waals surface area (Å²) in [6, 6.07) is 4.61. The fourth-order valence-electron chi connectivity index (χ4n) is 1.35. The smallest absolute Gasteiger partial charge is 0.325 e. The molecule has 2 rings (SSSR count). The van der Waals surface area contributed by atoms with Gasteiger partial charge < -0.3 is 10.1 Å². The number of aromatic hydroxyl groups is 1. The van der Waals surface area contributed by atoms with Gasteiger partial charge in [-0.1, -0.05) is 15.9 Å². The van der Waals surface area contributed by atoms with Crippen molar-refractivity contribution in [2.75, 3.05) is 0 Å². The van der Waals surface area contributed by atoms with E-state index in [0.29, 0.717) is 10.0 Å². The molecule has 0 radical (unpaired) electrons. The van der Waals surface area contributed by atoms with Crippen LogP contribution in [0.4, 0.5) is 0 Å². The minimum Gasteiger partial charge on any atom is -0.508 e. The number of aromatic amines is 2. The predicted octanol–water partition coefficient (Wildman–Crippen LogP) is 1.20. The maximum absolute atomic E-state index is 11.5. The number of nitrogens with one attached hydrogen (secondary N) is 2. The van der Waals surface area contributed by atoms with Crippen LogP contribution in [0.1, 0.15) is 0 Å². The molecule has 0 saturated heterocycles. The van der Waals surface area contributed by atoms with Crippen LogP contribution in [0.5, 0.6) is 5.75 Å². The number of phenols is 1. The van der Waals surface area contributed by atoms with Crippen LogP contribution >= 0.6 is 15.9 Å². The molecule has 1 aromatic carbocycles. The Hall–Kier alpha value is -1.82. The number of halogens is 1. The van der Waals surface area contributed by atoms with E-state index in [9.17, 15) is 14.7 Å². The molecule has 0 aliphatic rings. The van der Waals surface area contributed by atoms with Gasteiger partial charge in [0.1, 0.15) is 5.75 Å². The quantitative estimate of drug-likeness (QED) is 0.735. The van der Waals surface area contributed by atoms with Crippen molar-refractivity contribution in [1.82, 2.24) is 9.97 Å². The zero-order chi connectivity index (χ0) is 11.7. The molecule has 0 bridgehead atoms. The number of hydrogen-bond donors (Lipinski definition) is 3. The van der Waals surface area contributed by atoms with Gasteiger partial charge in [-0.15, -0.1) is 0 Å². The van der Waals surface area contributed by atoms with Crippen molar-refractivity contribution in [1.29, 1.82) is 0 Å². The summed E-state index contributed by atoms with van der Waals surface area (Å²) >= 11 is 3.21. The highest BCUT2D eigenvalue weighted by Gasteiger charge is 2.05. The lowest BCUT2D eigenvalue weighted by molar-refractivity contribution is 0.475. The Morgan fingerprint density at radius 1 is 1.19 bits per heavy atom. The van der Waals surface area contributed by atoms with Gasteiger partial charge in [-0.05, 0) is 23.8 Å². The first-order valence-corrected chi connectivity index (χ1v) is 5.17. The van der Waals surface area contributed by atoms with Crippen molar-refractivity contribution >= 4 is 15.9 Å². The summed E-state index contributed by atoms with van der Waals surface area (Å²) in [5.74, 6) is 0.0370. The van der Waals surface area contributed by atoms with Gasteiger partial charge in [0.25, 0.3) is 5.56 Å². The Balaban J connectivity index is 2.67. The fraction of sp³-hybridized carbons (Fsp3) is 0. The highest BCUT2D eigenvalue weighted by Crippen LogP contribution is 2.25. The van der Waals surface area contributed by atoms with Crippen LogP contribution in [0.3, 0.4) is 0 Å². The second-order valence-electron chi connectivity index (χ2n) is 3.18. The van der Waals surface area contributed by atoms with E-state index in [1.807, 2.05) is 0 Å². The molecule has 6 heteroatoms. The van der Waals surface area contributed by atoms with Gasteiger partial charge in [0.05, 0.1) is 5.56 Å². The average molecular weight is 283 g/mol. The number of H-pyrrole nitrogens is 2. The van der Waals surface area contributed by atoms with E-state index in [4.69, 9.17) is 0 Å². The molecule has 0 aliphatic heterocycles. The molecule has 0 spiro atoms. The third kappa shape index (κ3) is 2.06. The molecule has 0 fully saturated rings. The molecule has 0 unspecified atom stereocenters. The Labute approximate surface area is 97.9 Å². The van der Waals surface area contributed by atoms with E-state index < -0.39 is 11.2 Å². The van der Waals surface area contributed by atoms with Crippen LogP contribution in [0.2, 0.25) is 0 Å². The molecule has 5 nitrogen and oxygen atoms in total. The molecule has 3 N–H and O–H groups in total. The average Bonchev–Trinajstić information content (AvgIpc) is 2.15. The first-order valence-electron chi connectivity index (χ1n) is 4.38. The number of benzene rings is 1. The number of hydrogen-bond acceptors (Lipinski definition) is 3. The second kappa shape index (κ2) is 3.97. The van der Waals surface area contributed by atoms with Crippen LogP contribution in [-0.4, -0.2) is 15.1 Å². The molecule has 0 aliphatic carbocycles. The Bertz CT molecular complexity index is 625. The SMILES string of the molecule is O=c1[nH]cc(-c2cc(O)cc(Br)c2)c(=O)[nH]1. The summed E-state index contributed by atoms with van der Waals surface area (Å²) in [6.45, 7) is 0. The van der Waals surface area contributed by atoms with E-state index in [0.717, 1.165) is 0 Å². The summed E-state index contributed by atoms with van der Waals surface area (Å²) in [6.07, 6.45) is 1.31.